The topological polar surface area (TPSA) is 0 Å². The quantitative estimate of drug-likeness (QED) is 0.318. The number of rotatable bonds is 2. The average Bonchev–Trinajstić information content (AvgIpc) is 3.39. The van der Waals surface area contributed by atoms with E-state index in [0.29, 0.717) is 0 Å². The number of halogens is 3. The first kappa shape index (κ1) is 22.8. The van der Waals surface area contributed by atoms with Gasteiger partial charge in [0.2, 0.25) is 0 Å². The van der Waals surface area contributed by atoms with Gasteiger partial charge in [-0.15, -0.1) is 0 Å². The van der Waals surface area contributed by atoms with Crippen LogP contribution in [-0.2, 0) is 26.1 Å². The van der Waals surface area contributed by atoms with Gasteiger partial charge in [-0.05, 0) is 0 Å². The Kier molecular flexibility index (Phi) is 6.76. The van der Waals surface area contributed by atoms with Crippen LogP contribution in [-0.4, -0.2) is 5.75 Å². The summed E-state index contributed by atoms with van der Waals surface area (Å²) in [4.78, 5) is 0. The van der Waals surface area contributed by atoms with Crippen molar-refractivity contribution in [3.05, 3.63) is 92.3 Å². The molecule has 0 radical (unpaired) electrons. The molecule has 3 aromatic rings. The molecule has 3 aliphatic rings. The Bertz CT molecular complexity index is 1280. The van der Waals surface area contributed by atoms with E-state index < -0.39 is 19.7 Å². The fourth-order valence-corrected chi connectivity index (χ4v) is 12.8. The van der Waals surface area contributed by atoms with Crippen LogP contribution in [0.25, 0.3) is 22.8 Å². The van der Waals surface area contributed by atoms with Crippen molar-refractivity contribution in [3.8, 4) is 11.1 Å². The monoisotopic (exact) mass is 606 g/mol. The molecule has 1 heterocycles. The fourth-order valence-electron chi connectivity index (χ4n) is 4.63. The van der Waals surface area contributed by atoms with E-state index in [1.54, 1.807) is 0 Å². The summed E-state index contributed by atoms with van der Waals surface area (Å²) >= 11 is 3.26. The predicted octanol–water partition coefficient (Wildman–Crippen LogP) is 0.155. The summed E-state index contributed by atoms with van der Waals surface area (Å²) in [5, 5.41) is 0. The van der Waals surface area contributed by atoms with E-state index in [0.717, 1.165) is 12.2 Å². The third-order valence-electron chi connectivity index (χ3n) is 5.91. The van der Waals surface area contributed by atoms with Crippen molar-refractivity contribution in [2.45, 2.75) is 6.42 Å². The maximum atomic E-state index is 6.36. The molecule has 0 amide bonds. The molecule has 3 aromatic carbocycles. The normalized spacial score (nSPS) is 14.5. The molecule has 6 rings (SSSR count). The molecule has 30 heavy (non-hydrogen) atoms. The Balaban J connectivity index is 0.00000109. The Morgan fingerprint density at radius 1 is 0.833 bits per heavy atom. The molecule has 0 N–H and O–H groups in total. The fraction of sp³-hybridized carbons (Fsp3) is 0.0833. The van der Waals surface area contributed by atoms with Crippen molar-refractivity contribution in [1.29, 1.82) is 0 Å². The summed E-state index contributed by atoms with van der Waals surface area (Å²) in [5.74, 6) is 1.07. The van der Waals surface area contributed by atoms with E-state index in [9.17, 15) is 0 Å². The van der Waals surface area contributed by atoms with Gasteiger partial charge >= 0.3 is 190 Å². The number of hydrogen-bond acceptors (Lipinski definition) is 2. The summed E-state index contributed by atoms with van der Waals surface area (Å²) < 4.78 is 4.22. The molecule has 1 aliphatic heterocycles. The van der Waals surface area contributed by atoms with E-state index in [1.165, 1.54) is 54.9 Å². The molecule has 0 saturated carbocycles. The van der Waals surface area contributed by atoms with Crippen LogP contribution in [0, 0.1) is 0 Å². The van der Waals surface area contributed by atoms with Crippen LogP contribution in [0.1, 0.15) is 22.3 Å². The second-order valence-corrected chi connectivity index (χ2v) is 16.4. The summed E-state index contributed by atoms with van der Waals surface area (Å²) in [6.07, 6.45) is 3.44. The maximum absolute atomic E-state index is 6.36. The number of benzene rings is 3. The zero-order chi connectivity index (χ0) is 18.8. The van der Waals surface area contributed by atoms with Crippen molar-refractivity contribution < 1.29 is 44.5 Å². The Morgan fingerprint density at radius 2 is 1.53 bits per heavy atom. The van der Waals surface area contributed by atoms with Gasteiger partial charge in [-0.25, -0.2) is 0 Å². The van der Waals surface area contributed by atoms with Crippen molar-refractivity contribution in [1.82, 2.24) is 0 Å². The molecular weight excluding hydrogens is 594 g/mol. The number of thioether (sulfide) groups is 1. The van der Waals surface area contributed by atoms with Crippen molar-refractivity contribution in [2.75, 3.05) is 5.75 Å². The number of allylic oxidation sites excluding steroid dienone is 1. The van der Waals surface area contributed by atoms with Gasteiger partial charge in [-0.3, -0.25) is 0 Å². The van der Waals surface area contributed by atoms with Crippen molar-refractivity contribution in [3.63, 3.8) is 0 Å². The second kappa shape index (κ2) is 8.89. The molecule has 0 atom stereocenters. The van der Waals surface area contributed by atoms with E-state index in [1.807, 2.05) is 11.8 Å². The first-order chi connectivity index (χ1) is 13.7. The molecule has 6 heteroatoms. The van der Waals surface area contributed by atoms with Crippen LogP contribution in [0.4, 0.5) is 0 Å². The molecule has 0 unspecified atom stereocenters. The van der Waals surface area contributed by atoms with E-state index >= 15 is 0 Å². The van der Waals surface area contributed by atoms with Gasteiger partial charge in [0.25, 0.3) is 0 Å². The summed E-state index contributed by atoms with van der Waals surface area (Å²) in [6.45, 7) is 0. The van der Waals surface area contributed by atoms with Gasteiger partial charge in [0.1, 0.15) is 0 Å². The minimum absolute atomic E-state index is 0. The number of fused-ring (bicyclic) bond motifs is 6. The Hall–Kier alpha value is -0.347. The molecule has 0 saturated heterocycles. The summed E-state index contributed by atoms with van der Waals surface area (Å²) in [7, 11) is 6.36. The third-order valence-corrected chi connectivity index (χ3v) is 15.1. The third kappa shape index (κ3) is 3.43. The molecule has 0 aromatic heterocycles. The molecule has 0 fully saturated rings. The van der Waals surface area contributed by atoms with Crippen LogP contribution in [0.2, 0.25) is 0 Å². The van der Waals surface area contributed by atoms with Gasteiger partial charge in [0.15, 0.2) is 0 Å². The van der Waals surface area contributed by atoms with Crippen LogP contribution < -0.4 is 31.4 Å². The van der Waals surface area contributed by atoms with E-state index in [2.05, 4.69) is 82.7 Å². The molecule has 0 nitrogen and oxygen atoms in total. The van der Waals surface area contributed by atoms with Gasteiger partial charge in [-0.1, -0.05) is 0 Å². The molecule has 0 bridgehead atoms. The van der Waals surface area contributed by atoms with Crippen LogP contribution in [0.15, 0.2) is 70.1 Å². The van der Waals surface area contributed by atoms with Crippen LogP contribution in [0.3, 0.4) is 0 Å². The van der Waals surface area contributed by atoms with Gasteiger partial charge in [-0.2, -0.15) is 0 Å². The molecular formula is C24H15BrCl2S2Zr. The second-order valence-electron chi connectivity index (χ2n) is 7.37. The van der Waals surface area contributed by atoms with Crippen LogP contribution in [0.5, 0.6) is 0 Å². The Labute approximate surface area is 212 Å². The zero-order valence-corrected chi connectivity index (χ0v) is 22.9. The minimum atomic E-state index is -2.40. The van der Waals surface area contributed by atoms with Gasteiger partial charge in [0, 0.05) is 0 Å². The van der Waals surface area contributed by atoms with Gasteiger partial charge < -0.3 is 24.8 Å². The van der Waals surface area contributed by atoms with Crippen molar-refractivity contribution >= 4 is 54.7 Å². The summed E-state index contributed by atoms with van der Waals surface area (Å²) in [6, 6.07) is 22.4. The SMILES string of the molecule is [Cl-].[Cl-].[S]=[Zr+2]([c]1cccc2c1C=C1CSC(Br)=C12)[c]1cccc2c1Cc1ccccc1-2. The first-order valence-corrected chi connectivity index (χ1v) is 17.0. The molecule has 148 valence electrons. The number of hydrogen-bond donors (Lipinski definition) is 0. The van der Waals surface area contributed by atoms with E-state index in [-0.39, 0.29) is 24.8 Å². The standard InChI is InChI=1S/C13H9.C11H6BrS.2ClH.S.Zr/c1-3-7-12-10(5-1)9-11-6-2-4-8-13(11)12;12-11-10-8(6-13-11)5-7-3-1-2-4-9(7)10;;;;/h1-5,7-8H,9H2;1-2,4-5H,6H2;2*1H;;/q;;;;;+2/p-2. The first-order valence-electron chi connectivity index (χ1n) is 9.34. The predicted molar refractivity (Wildman–Crippen MR) is 124 cm³/mol. The van der Waals surface area contributed by atoms with Crippen molar-refractivity contribution in [2.24, 2.45) is 0 Å². The summed E-state index contributed by atoms with van der Waals surface area (Å²) in [5.41, 5.74) is 11.4. The zero-order valence-electron chi connectivity index (χ0n) is 15.7. The molecule has 2 aliphatic carbocycles. The van der Waals surface area contributed by atoms with Crippen LogP contribution >= 0.6 is 36.5 Å². The average molecular weight is 610 g/mol. The molecule has 0 spiro atoms. The van der Waals surface area contributed by atoms with Gasteiger partial charge in [0.05, 0.1) is 0 Å². The Morgan fingerprint density at radius 3 is 2.37 bits per heavy atom. The van der Waals surface area contributed by atoms with E-state index in [4.69, 9.17) is 8.86 Å².